The molecular formula is C10H14N6O2. The maximum absolute atomic E-state index is 10.8. The molecule has 0 amide bonds. The van der Waals surface area contributed by atoms with Crippen molar-refractivity contribution in [1.82, 2.24) is 29.8 Å². The Hall–Kier alpha value is -2.25. The van der Waals surface area contributed by atoms with Crippen molar-refractivity contribution in [3.05, 3.63) is 12.5 Å². The molecule has 8 nitrogen and oxygen atoms in total. The Labute approximate surface area is 103 Å². The summed E-state index contributed by atoms with van der Waals surface area (Å²) in [4.78, 5) is 14.8. The largest absolute Gasteiger partial charge is 0.481 e. The molecule has 0 fully saturated rings. The quantitative estimate of drug-likeness (QED) is 0.813. The van der Waals surface area contributed by atoms with E-state index in [-0.39, 0.29) is 0 Å². The van der Waals surface area contributed by atoms with E-state index in [0.717, 1.165) is 5.69 Å². The second kappa shape index (κ2) is 4.94. The summed E-state index contributed by atoms with van der Waals surface area (Å²) in [6.07, 6.45) is 3.81. The van der Waals surface area contributed by atoms with Gasteiger partial charge in [0.15, 0.2) is 5.82 Å². The number of aryl methyl sites for hydroxylation is 2. The number of hydrogen-bond donors (Lipinski definition) is 1. The zero-order chi connectivity index (χ0) is 13.1. The van der Waals surface area contributed by atoms with E-state index in [4.69, 9.17) is 5.11 Å². The molecule has 0 aliphatic heterocycles. The van der Waals surface area contributed by atoms with Gasteiger partial charge in [0, 0.05) is 13.6 Å². The van der Waals surface area contributed by atoms with Crippen LogP contribution >= 0.6 is 0 Å². The minimum atomic E-state index is -0.815. The third-order valence-corrected chi connectivity index (χ3v) is 2.77. The lowest BCUT2D eigenvalue weighted by atomic mass is 10.1. The van der Waals surface area contributed by atoms with Crippen LogP contribution in [-0.4, -0.2) is 40.8 Å². The predicted molar refractivity (Wildman–Crippen MR) is 61.4 cm³/mol. The van der Waals surface area contributed by atoms with E-state index in [9.17, 15) is 4.79 Å². The molecule has 0 aliphatic carbocycles. The van der Waals surface area contributed by atoms with Crippen molar-refractivity contribution in [2.45, 2.75) is 19.9 Å². The monoisotopic (exact) mass is 250 g/mol. The number of nitrogens with zero attached hydrogens (tertiary/aromatic N) is 6. The molecule has 0 saturated heterocycles. The number of carbonyl (C=O) groups is 1. The Morgan fingerprint density at radius 2 is 2.33 bits per heavy atom. The lowest BCUT2D eigenvalue weighted by Crippen LogP contribution is -2.14. The summed E-state index contributed by atoms with van der Waals surface area (Å²) in [5, 5.41) is 20.3. The highest BCUT2D eigenvalue weighted by atomic mass is 16.4. The molecule has 2 aromatic heterocycles. The summed E-state index contributed by atoms with van der Waals surface area (Å²) in [5.74, 6) is -0.647. The van der Waals surface area contributed by atoms with Crippen LogP contribution < -0.4 is 0 Å². The van der Waals surface area contributed by atoms with Gasteiger partial charge in [-0.25, -0.2) is 9.67 Å². The van der Waals surface area contributed by atoms with Crippen LogP contribution in [0.1, 0.15) is 13.3 Å². The zero-order valence-corrected chi connectivity index (χ0v) is 10.2. The maximum Gasteiger partial charge on any atom is 0.306 e. The van der Waals surface area contributed by atoms with Gasteiger partial charge in [0.05, 0.1) is 18.4 Å². The molecule has 18 heavy (non-hydrogen) atoms. The summed E-state index contributed by atoms with van der Waals surface area (Å²) in [7, 11) is 1.85. The fourth-order valence-corrected chi connectivity index (χ4v) is 1.55. The lowest BCUT2D eigenvalue weighted by molar-refractivity contribution is -0.141. The summed E-state index contributed by atoms with van der Waals surface area (Å²) in [6, 6.07) is 0. The molecule has 0 spiro atoms. The van der Waals surface area contributed by atoms with Crippen LogP contribution in [0, 0.1) is 5.92 Å². The topological polar surface area (TPSA) is 98.7 Å². The summed E-state index contributed by atoms with van der Waals surface area (Å²) in [6.45, 7) is 2.12. The minimum absolute atomic E-state index is 0.423. The molecule has 0 saturated carbocycles. The summed E-state index contributed by atoms with van der Waals surface area (Å²) < 4.78 is 3.40. The number of rotatable bonds is 5. The molecule has 0 bridgehead atoms. The second-order valence-corrected chi connectivity index (χ2v) is 4.14. The number of aromatic nitrogens is 6. The zero-order valence-electron chi connectivity index (χ0n) is 10.2. The van der Waals surface area contributed by atoms with Crippen LogP contribution in [0.3, 0.4) is 0 Å². The lowest BCUT2D eigenvalue weighted by Gasteiger charge is -2.07. The van der Waals surface area contributed by atoms with Crippen LogP contribution in [0.2, 0.25) is 0 Å². The number of aliphatic carboxylic acids is 1. The average Bonchev–Trinajstić information content (AvgIpc) is 2.93. The number of carboxylic acid groups (broad SMARTS) is 1. The smallest absolute Gasteiger partial charge is 0.306 e. The molecule has 2 aromatic rings. The van der Waals surface area contributed by atoms with Crippen molar-refractivity contribution in [3.63, 3.8) is 0 Å². The maximum atomic E-state index is 10.8. The van der Waals surface area contributed by atoms with E-state index < -0.39 is 11.9 Å². The molecule has 1 atom stereocenters. The molecular weight excluding hydrogens is 236 g/mol. The van der Waals surface area contributed by atoms with Gasteiger partial charge in [0.2, 0.25) is 0 Å². The highest BCUT2D eigenvalue weighted by Crippen LogP contribution is 2.15. The van der Waals surface area contributed by atoms with E-state index in [1.54, 1.807) is 24.1 Å². The van der Waals surface area contributed by atoms with E-state index in [2.05, 4.69) is 20.5 Å². The Balaban J connectivity index is 2.14. The Morgan fingerprint density at radius 1 is 1.56 bits per heavy atom. The van der Waals surface area contributed by atoms with Crippen molar-refractivity contribution in [2.75, 3.05) is 0 Å². The number of imidazole rings is 1. The van der Waals surface area contributed by atoms with E-state index >= 15 is 0 Å². The van der Waals surface area contributed by atoms with Gasteiger partial charge in [-0.15, -0.1) is 5.10 Å². The summed E-state index contributed by atoms with van der Waals surface area (Å²) in [5.41, 5.74) is 0.794. The van der Waals surface area contributed by atoms with Gasteiger partial charge in [-0.2, -0.15) is 0 Å². The SMILES string of the molecule is CC(CCn1nnnc1-c1cncn1C)C(=O)O. The normalized spacial score (nSPS) is 12.6. The first-order chi connectivity index (χ1) is 8.59. The first-order valence-corrected chi connectivity index (χ1v) is 5.55. The molecule has 0 aromatic carbocycles. The highest BCUT2D eigenvalue weighted by molar-refractivity contribution is 5.69. The molecule has 1 unspecified atom stereocenters. The molecule has 8 heteroatoms. The Bertz CT molecular complexity index is 546. The van der Waals surface area contributed by atoms with Gasteiger partial charge in [-0.3, -0.25) is 4.79 Å². The molecule has 2 heterocycles. The van der Waals surface area contributed by atoms with E-state index in [1.807, 2.05) is 11.6 Å². The number of hydrogen-bond acceptors (Lipinski definition) is 5. The highest BCUT2D eigenvalue weighted by Gasteiger charge is 2.15. The van der Waals surface area contributed by atoms with Gasteiger partial charge in [-0.1, -0.05) is 6.92 Å². The summed E-state index contributed by atoms with van der Waals surface area (Å²) >= 11 is 0. The predicted octanol–water partition coefficient (Wildman–Crippen LogP) is 0.184. The average molecular weight is 250 g/mol. The van der Waals surface area contributed by atoms with Crippen LogP contribution in [0.5, 0.6) is 0 Å². The number of carboxylic acids is 1. The standard InChI is InChI=1S/C10H14N6O2/c1-7(10(17)18)3-4-16-9(12-13-14-16)8-5-11-6-15(8)2/h5-7H,3-4H2,1-2H3,(H,17,18). The first kappa shape index (κ1) is 12.2. The molecule has 0 radical (unpaired) electrons. The third kappa shape index (κ3) is 2.36. The van der Waals surface area contributed by atoms with Crippen molar-refractivity contribution in [2.24, 2.45) is 13.0 Å². The van der Waals surface area contributed by atoms with Gasteiger partial charge >= 0.3 is 5.97 Å². The second-order valence-electron chi connectivity index (χ2n) is 4.14. The minimum Gasteiger partial charge on any atom is -0.481 e. The van der Waals surface area contributed by atoms with Crippen molar-refractivity contribution < 1.29 is 9.90 Å². The van der Waals surface area contributed by atoms with Gasteiger partial charge in [-0.05, 0) is 16.8 Å². The Kier molecular flexibility index (Phi) is 3.35. The first-order valence-electron chi connectivity index (χ1n) is 5.55. The van der Waals surface area contributed by atoms with Gasteiger partial charge in [0.25, 0.3) is 0 Å². The van der Waals surface area contributed by atoms with Crippen LogP contribution in [-0.2, 0) is 18.4 Å². The molecule has 2 rings (SSSR count). The molecule has 0 aliphatic rings. The fraction of sp³-hybridized carbons (Fsp3) is 0.500. The van der Waals surface area contributed by atoms with E-state index in [1.165, 1.54) is 0 Å². The third-order valence-electron chi connectivity index (χ3n) is 2.77. The van der Waals surface area contributed by atoms with Gasteiger partial charge < -0.3 is 9.67 Å². The molecule has 96 valence electrons. The fourth-order valence-electron chi connectivity index (χ4n) is 1.55. The van der Waals surface area contributed by atoms with E-state index in [0.29, 0.717) is 18.8 Å². The van der Waals surface area contributed by atoms with Crippen LogP contribution in [0.15, 0.2) is 12.5 Å². The van der Waals surface area contributed by atoms with Crippen LogP contribution in [0.4, 0.5) is 0 Å². The van der Waals surface area contributed by atoms with Crippen molar-refractivity contribution >= 4 is 5.97 Å². The van der Waals surface area contributed by atoms with Crippen LogP contribution in [0.25, 0.3) is 11.5 Å². The Morgan fingerprint density at radius 3 is 2.94 bits per heavy atom. The van der Waals surface area contributed by atoms with Gasteiger partial charge in [0.1, 0.15) is 5.69 Å². The van der Waals surface area contributed by atoms with Crippen molar-refractivity contribution in [3.8, 4) is 11.5 Å². The van der Waals surface area contributed by atoms with Crippen molar-refractivity contribution in [1.29, 1.82) is 0 Å². The number of tetrazole rings is 1. The molecule has 1 N–H and O–H groups in total.